The molecule has 2 rings (SSSR count). The lowest BCUT2D eigenvalue weighted by molar-refractivity contribution is -0.202. The van der Waals surface area contributed by atoms with Gasteiger partial charge in [-0.2, -0.15) is 0 Å². The van der Waals surface area contributed by atoms with Crippen LogP contribution in [0.1, 0.15) is 26.7 Å². The zero-order valence-corrected chi connectivity index (χ0v) is 10.2. The van der Waals surface area contributed by atoms with Crippen LogP contribution in [0.4, 0.5) is 0 Å². The molecule has 1 heterocycles. The molecule has 2 atom stereocenters. The maximum Gasteiger partial charge on any atom is 0.316 e. The Morgan fingerprint density at radius 3 is 2.65 bits per heavy atom. The van der Waals surface area contributed by atoms with E-state index in [1.807, 2.05) is 0 Å². The summed E-state index contributed by atoms with van der Waals surface area (Å²) in [6.07, 6.45) is 0.816. The zero-order valence-electron chi connectivity index (χ0n) is 10.2. The molecule has 0 aromatic rings. The van der Waals surface area contributed by atoms with E-state index in [4.69, 9.17) is 14.2 Å². The largest absolute Gasteiger partial charge is 0.465 e. The minimum atomic E-state index is -0.745. The standard InChI is InChI=1S/C12H18O5/c1-3-15-11(14)9-7-12(16-4-5-17-12)6-8(2)10(9)13/h8-9H,3-7H2,1-2H3. The number of Topliss-reactive ketones (excluding diaryl/α,β-unsaturated/α-hetero) is 1. The van der Waals surface area contributed by atoms with Gasteiger partial charge in [-0.15, -0.1) is 0 Å². The van der Waals surface area contributed by atoms with Crippen LogP contribution >= 0.6 is 0 Å². The number of ketones is 1. The second-order valence-corrected chi connectivity index (χ2v) is 4.62. The van der Waals surface area contributed by atoms with Crippen molar-refractivity contribution >= 4 is 11.8 Å². The fraction of sp³-hybridized carbons (Fsp3) is 0.833. The molecule has 1 aliphatic heterocycles. The number of carbonyl (C=O) groups excluding carboxylic acids is 2. The minimum absolute atomic E-state index is 0.0619. The molecule has 1 spiro atoms. The molecule has 96 valence electrons. The highest BCUT2D eigenvalue weighted by Gasteiger charge is 2.50. The first-order valence-corrected chi connectivity index (χ1v) is 6.06. The van der Waals surface area contributed by atoms with Crippen LogP contribution < -0.4 is 0 Å². The summed E-state index contributed by atoms with van der Waals surface area (Å²) in [4.78, 5) is 23.7. The van der Waals surface area contributed by atoms with Gasteiger partial charge in [-0.25, -0.2) is 0 Å². The van der Waals surface area contributed by atoms with Crippen molar-refractivity contribution in [1.82, 2.24) is 0 Å². The van der Waals surface area contributed by atoms with Gasteiger partial charge in [-0.3, -0.25) is 9.59 Å². The Bertz CT molecular complexity index is 319. The highest BCUT2D eigenvalue weighted by Crippen LogP contribution is 2.40. The van der Waals surface area contributed by atoms with E-state index in [-0.39, 0.29) is 24.7 Å². The van der Waals surface area contributed by atoms with Crippen molar-refractivity contribution in [2.75, 3.05) is 19.8 Å². The van der Waals surface area contributed by atoms with Gasteiger partial charge < -0.3 is 14.2 Å². The number of hydrogen-bond donors (Lipinski definition) is 0. The molecule has 1 aliphatic carbocycles. The van der Waals surface area contributed by atoms with E-state index >= 15 is 0 Å². The van der Waals surface area contributed by atoms with Crippen LogP contribution in [-0.2, 0) is 23.8 Å². The molecule has 0 aromatic carbocycles. The van der Waals surface area contributed by atoms with E-state index in [0.29, 0.717) is 19.6 Å². The van der Waals surface area contributed by atoms with Crippen molar-refractivity contribution in [3.05, 3.63) is 0 Å². The van der Waals surface area contributed by atoms with Gasteiger partial charge in [0.25, 0.3) is 0 Å². The normalized spacial score (nSPS) is 31.8. The van der Waals surface area contributed by atoms with Gasteiger partial charge in [0.15, 0.2) is 5.79 Å². The Labute approximate surface area is 100 Å². The number of rotatable bonds is 2. The van der Waals surface area contributed by atoms with E-state index in [1.165, 1.54) is 0 Å². The molecule has 1 saturated heterocycles. The SMILES string of the molecule is CCOC(=O)C1CC2(CC(C)C1=O)OCCO2. The third-order valence-electron chi connectivity index (χ3n) is 3.35. The third-order valence-corrected chi connectivity index (χ3v) is 3.35. The van der Waals surface area contributed by atoms with Crippen molar-refractivity contribution in [1.29, 1.82) is 0 Å². The van der Waals surface area contributed by atoms with Gasteiger partial charge in [0.2, 0.25) is 0 Å². The maximum atomic E-state index is 12.0. The average molecular weight is 242 g/mol. The van der Waals surface area contributed by atoms with Crippen molar-refractivity contribution in [2.24, 2.45) is 11.8 Å². The quantitative estimate of drug-likeness (QED) is 0.532. The lowest BCUT2D eigenvalue weighted by atomic mass is 9.77. The fourth-order valence-electron chi connectivity index (χ4n) is 2.58. The lowest BCUT2D eigenvalue weighted by Gasteiger charge is -2.37. The molecule has 0 aromatic heterocycles. The molecule has 0 radical (unpaired) electrons. The van der Waals surface area contributed by atoms with Crippen LogP contribution in [0, 0.1) is 11.8 Å². The molecule has 0 N–H and O–H groups in total. The van der Waals surface area contributed by atoms with E-state index < -0.39 is 17.7 Å². The van der Waals surface area contributed by atoms with Gasteiger partial charge in [-0.1, -0.05) is 6.92 Å². The van der Waals surface area contributed by atoms with Gasteiger partial charge >= 0.3 is 5.97 Å². The van der Waals surface area contributed by atoms with E-state index in [9.17, 15) is 9.59 Å². The first-order chi connectivity index (χ1) is 8.08. The molecular formula is C12H18O5. The molecule has 17 heavy (non-hydrogen) atoms. The molecule has 2 aliphatic rings. The number of esters is 1. The summed E-state index contributed by atoms with van der Waals surface area (Å²) in [5.74, 6) is -2.23. The monoisotopic (exact) mass is 242 g/mol. The fourth-order valence-corrected chi connectivity index (χ4v) is 2.58. The highest BCUT2D eigenvalue weighted by molar-refractivity contribution is 6.00. The van der Waals surface area contributed by atoms with E-state index in [1.54, 1.807) is 13.8 Å². The molecule has 5 heteroatoms. The van der Waals surface area contributed by atoms with Crippen molar-refractivity contribution in [2.45, 2.75) is 32.5 Å². The minimum Gasteiger partial charge on any atom is -0.465 e. The molecule has 2 unspecified atom stereocenters. The van der Waals surface area contributed by atoms with Crippen molar-refractivity contribution < 1.29 is 23.8 Å². The van der Waals surface area contributed by atoms with Crippen LogP contribution in [0.15, 0.2) is 0 Å². The summed E-state index contributed by atoms with van der Waals surface area (Å²) in [5, 5.41) is 0. The zero-order chi connectivity index (χ0) is 12.5. The third kappa shape index (κ3) is 2.35. The number of ether oxygens (including phenoxy) is 3. The van der Waals surface area contributed by atoms with Crippen LogP contribution in [0.5, 0.6) is 0 Å². The van der Waals surface area contributed by atoms with Gasteiger partial charge in [0, 0.05) is 18.8 Å². The predicted molar refractivity (Wildman–Crippen MR) is 58.2 cm³/mol. The van der Waals surface area contributed by atoms with Gasteiger partial charge in [0.1, 0.15) is 11.7 Å². The van der Waals surface area contributed by atoms with Crippen molar-refractivity contribution in [3.63, 3.8) is 0 Å². The van der Waals surface area contributed by atoms with Gasteiger partial charge in [-0.05, 0) is 6.92 Å². The summed E-state index contributed by atoms with van der Waals surface area (Å²) in [7, 11) is 0. The summed E-state index contributed by atoms with van der Waals surface area (Å²) >= 11 is 0. The van der Waals surface area contributed by atoms with E-state index in [2.05, 4.69) is 0 Å². The predicted octanol–water partition coefficient (Wildman–Crippen LogP) is 0.908. The van der Waals surface area contributed by atoms with Crippen LogP contribution in [0.2, 0.25) is 0 Å². The summed E-state index contributed by atoms with van der Waals surface area (Å²) < 4.78 is 16.1. The Morgan fingerprint density at radius 2 is 2.06 bits per heavy atom. The summed E-state index contributed by atoms with van der Waals surface area (Å²) in [6.45, 7) is 4.87. The van der Waals surface area contributed by atoms with Crippen LogP contribution in [0.3, 0.4) is 0 Å². The molecule has 0 bridgehead atoms. The topological polar surface area (TPSA) is 61.8 Å². The molecule has 0 amide bonds. The van der Waals surface area contributed by atoms with Gasteiger partial charge in [0.05, 0.1) is 19.8 Å². The maximum absolute atomic E-state index is 12.0. The van der Waals surface area contributed by atoms with Crippen molar-refractivity contribution in [3.8, 4) is 0 Å². The molecule has 2 fully saturated rings. The molecular weight excluding hydrogens is 224 g/mol. The second-order valence-electron chi connectivity index (χ2n) is 4.62. The van der Waals surface area contributed by atoms with Crippen LogP contribution in [0.25, 0.3) is 0 Å². The molecule has 1 saturated carbocycles. The first kappa shape index (κ1) is 12.5. The lowest BCUT2D eigenvalue weighted by Crippen LogP contribution is -2.47. The second kappa shape index (κ2) is 4.74. The first-order valence-electron chi connectivity index (χ1n) is 6.06. The van der Waals surface area contributed by atoms with E-state index in [0.717, 1.165) is 0 Å². The molecule has 5 nitrogen and oxygen atoms in total. The summed E-state index contributed by atoms with van der Waals surface area (Å²) in [6, 6.07) is 0. The highest BCUT2D eigenvalue weighted by atomic mass is 16.7. The Kier molecular flexibility index (Phi) is 3.49. The Hall–Kier alpha value is -0.940. The average Bonchev–Trinajstić information content (AvgIpc) is 2.72. The summed E-state index contributed by atoms with van der Waals surface area (Å²) in [5.41, 5.74) is 0. The number of carbonyl (C=O) groups is 2. The number of hydrogen-bond acceptors (Lipinski definition) is 5. The Balaban J connectivity index is 2.13. The van der Waals surface area contributed by atoms with Crippen LogP contribution in [-0.4, -0.2) is 37.4 Å². The Morgan fingerprint density at radius 1 is 1.41 bits per heavy atom. The smallest absolute Gasteiger partial charge is 0.316 e.